The Hall–Kier alpha value is -1.47. The number of amides is 1. The third-order valence-electron chi connectivity index (χ3n) is 4.98. The van der Waals surface area contributed by atoms with Crippen molar-refractivity contribution in [2.75, 3.05) is 39.9 Å². The summed E-state index contributed by atoms with van der Waals surface area (Å²) in [5, 5.41) is 8.00. The molecule has 0 aromatic carbocycles. The Morgan fingerprint density at radius 2 is 2.17 bits per heavy atom. The van der Waals surface area contributed by atoms with E-state index in [0.29, 0.717) is 37.9 Å². The van der Waals surface area contributed by atoms with Crippen molar-refractivity contribution in [1.82, 2.24) is 20.0 Å². The van der Waals surface area contributed by atoms with Crippen LogP contribution in [0, 0.1) is 12.3 Å². The molecule has 3 rings (SSSR count). The molecule has 1 aromatic heterocycles. The highest BCUT2D eigenvalue weighted by atomic mass is 16.5. The molecule has 0 saturated carbocycles. The van der Waals surface area contributed by atoms with Crippen molar-refractivity contribution in [2.45, 2.75) is 39.2 Å². The monoisotopic (exact) mass is 322 g/mol. The van der Waals surface area contributed by atoms with E-state index >= 15 is 0 Å². The van der Waals surface area contributed by atoms with E-state index in [0.717, 1.165) is 32.5 Å². The lowest BCUT2D eigenvalue weighted by Gasteiger charge is -2.48. The maximum Gasteiger partial charge on any atom is 0.230 e. The molecule has 2 saturated heterocycles. The third-order valence-corrected chi connectivity index (χ3v) is 4.98. The molecule has 1 unspecified atom stereocenters. The van der Waals surface area contributed by atoms with Crippen molar-refractivity contribution >= 4 is 5.91 Å². The topological polar surface area (TPSA) is 71.7 Å². The third kappa shape index (κ3) is 3.90. The predicted molar refractivity (Wildman–Crippen MR) is 83.7 cm³/mol. The second-order valence-electron chi connectivity index (χ2n) is 6.84. The van der Waals surface area contributed by atoms with Crippen molar-refractivity contribution < 1.29 is 13.9 Å². The summed E-state index contributed by atoms with van der Waals surface area (Å²) in [5.41, 5.74) is 0.203. The van der Waals surface area contributed by atoms with Gasteiger partial charge in [-0.2, -0.15) is 0 Å². The fourth-order valence-electron chi connectivity index (χ4n) is 3.88. The van der Waals surface area contributed by atoms with Gasteiger partial charge in [0.05, 0.1) is 13.2 Å². The second-order valence-corrected chi connectivity index (χ2v) is 6.84. The van der Waals surface area contributed by atoms with Crippen LogP contribution in [0.25, 0.3) is 0 Å². The fraction of sp³-hybridized carbons (Fsp3) is 0.812. The van der Waals surface area contributed by atoms with Crippen LogP contribution < -0.4 is 0 Å². The quantitative estimate of drug-likeness (QED) is 0.812. The smallest absolute Gasteiger partial charge is 0.230 e. The lowest BCUT2D eigenvalue weighted by atomic mass is 9.73. The van der Waals surface area contributed by atoms with Crippen molar-refractivity contribution in [3.05, 3.63) is 11.8 Å². The summed E-state index contributed by atoms with van der Waals surface area (Å²) in [6, 6.07) is 0. The van der Waals surface area contributed by atoms with Gasteiger partial charge in [-0.05, 0) is 25.8 Å². The molecule has 2 fully saturated rings. The molecule has 0 N–H and O–H groups in total. The van der Waals surface area contributed by atoms with E-state index in [1.807, 2.05) is 11.8 Å². The van der Waals surface area contributed by atoms with Crippen LogP contribution >= 0.6 is 0 Å². The standard InChI is InChI=1S/C16H26N4O3/c1-13-17-18-14(23-13)10-19-7-3-5-16(11-19)6-4-15(21)20(12-16)8-9-22-2/h3-12H2,1-2H3. The van der Waals surface area contributed by atoms with Gasteiger partial charge in [0.25, 0.3) is 0 Å². The van der Waals surface area contributed by atoms with Crippen LogP contribution in [0.1, 0.15) is 37.5 Å². The molecule has 7 heteroatoms. The average molecular weight is 322 g/mol. The Labute approximate surface area is 137 Å². The maximum absolute atomic E-state index is 12.1. The molecule has 1 spiro atoms. The van der Waals surface area contributed by atoms with Crippen LogP contribution in [-0.4, -0.2) is 65.8 Å². The number of hydrogen-bond acceptors (Lipinski definition) is 6. The minimum atomic E-state index is 0.203. The molecule has 128 valence electrons. The van der Waals surface area contributed by atoms with E-state index in [1.54, 1.807) is 7.11 Å². The van der Waals surface area contributed by atoms with E-state index in [4.69, 9.17) is 9.15 Å². The number of rotatable bonds is 5. The lowest BCUT2D eigenvalue weighted by molar-refractivity contribution is -0.140. The lowest BCUT2D eigenvalue weighted by Crippen LogP contribution is -2.54. The number of aromatic nitrogens is 2. The highest BCUT2D eigenvalue weighted by Crippen LogP contribution is 2.39. The van der Waals surface area contributed by atoms with E-state index in [-0.39, 0.29) is 11.3 Å². The molecule has 3 heterocycles. The highest BCUT2D eigenvalue weighted by Gasteiger charge is 2.41. The van der Waals surface area contributed by atoms with Gasteiger partial charge in [0, 0.05) is 45.5 Å². The van der Waals surface area contributed by atoms with Gasteiger partial charge in [0.15, 0.2) is 0 Å². The number of ether oxygens (including phenoxy) is 1. The van der Waals surface area contributed by atoms with Gasteiger partial charge in [0.1, 0.15) is 0 Å². The summed E-state index contributed by atoms with van der Waals surface area (Å²) in [4.78, 5) is 16.5. The van der Waals surface area contributed by atoms with Crippen LogP contribution in [0.4, 0.5) is 0 Å². The molecule has 23 heavy (non-hydrogen) atoms. The van der Waals surface area contributed by atoms with Gasteiger partial charge in [-0.15, -0.1) is 10.2 Å². The number of methoxy groups -OCH3 is 1. The van der Waals surface area contributed by atoms with Gasteiger partial charge < -0.3 is 14.1 Å². The summed E-state index contributed by atoms with van der Waals surface area (Å²) < 4.78 is 10.6. The predicted octanol–water partition coefficient (Wildman–Crippen LogP) is 1.23. The molecule has 1 aromatic rings. The van der Waals surface area contributed by atoms with Crippen molar-refractivity contribution in [3.63, 3.8) is 0 Å². The van der Waals surface area contributed by atoms with Crippen molar-refractivity contribution in [1.29, 1.82) is 0 Å². The Morgan fingerprint density at radius 3 is 2.91 bits per heavy atom. The summed E-state index contributed by atoms with van der Waals surface area (Å²) >= 11 is 0. The van der Waals surface area contributed by atoms with E-state index in [1.165, 1.54) is 6.42 Å². The van der Waals surface area contributed by atoms with E-state index in [2.05, 4.69) is 15.1 Å². The van der Waals surface area contributed by atoms with Crippen molar-refractivity contribution in [3.8, 4) is 0 Å². The normalized spacial score (nSPS) is 26.2. The summed E-state index contributed by atoms with van der Waals surface area (Å²) in [6.45, 7) is 6.70. The molecule has 1 atom stereocenters. The van der Waals surface area contributed by atoms with Crippen LogP contribution in [0.5, 0.6) is 0 Å². The molecule has 2 aliphatic heterocycles. The highest BCUT2D eigenvalue weighted by molar-refractivity contribution is 5.77. The Bertz CT molecular complexity index is 547. The molecule has 0 bridgehead atoms. The second kappa shape index (κ2) is 6.97. The Balaban J connectivity index is 1.63. The molecular weight excluding hydrogens is 296 g/mol. The zero-order valence-electron chi connectivity index (χ0n) is 14.1. The number of carbonyl (C=O) groups is 1. The number of carbonyl (C=O) groups excluding carboxylic acids is 1. The minimum absolute atomic E-state index is 0.203. The van der Waals surface area contributed by atoms with Gasteiger partial charge in [0.2, 0.25) is 17.7 Å². The van der Waals surface area contributed by atoms with Crippen LogP contribution in [0.2, 0.25) is 0 Å². The summed E-state index contributed by atoms with van der Waals surface area (Å²) in [7, 11) is 1.68. The van der Waals surface area contributed by atoms with Gasteiger partial charge >= 0.3 is 0 Å². The molecule has 0 aliphatic carbocycles. The SMILES string of the molecule is COCCN1CC2(CCCN(Cc3nnc(C)o3)C2)CCC1=O. The Morgan fingerprint density at radius 1 is 1.30 bits per heavy atom. The molecule has 0 radical (unpaired) electrons. The number of hydrogen-bond donors (Lipinski definition) is 0. The number of aryl methyl sites for hydroxylation is 1. The zero-order chi connectivity index (χ0) is 16.3. The van der Waals surface area contributed by atoms with Crippen LogP contribution in [-0.2, 0) is 16.1 Å². The van der Waals surface area contributed by atoms with E-state index in [9.17, 15) is 4.79 Å². The van der Waals surface area contributed by atoms with E-state index < -0.39 is 0 Å². The first-order valence-electron chi connectivity index (χ1n) is 8.38. The van der Waals surface area contributed by atoms with Crippen LogP contribution in [0.15, 0.2) is 4.42 Å². The minimum Gasteiger partial charge on any atom is -0.424 e. The average Bonchev–Trinajstić information content (AvgIpc) is 2.94. The number of piperidine rings is 2. The molecule has 2 aliphatic rings. The molecular formula is C16H26N4O3. The largest absolute Gasteiger partial charge is 0.424 e. The van der Waals surface area contributed by atoms with Gasteiger partial charge in [-0.1, -0.05) is 0 Å². The molecule has 7 nitrogen and oxygen atoms in total. The zero-order valence-corrected chi connectivity index (χ0v) is 14.1. The first kappa shape index (κ1) is 16.4. The number of likely N-dealkylation sites (tertiary alicyclic amines) is 2. The van der Waals surface area contributed by atoms with Crippen molar-refractivity contribution in [2.24, 2.45) is 5.41 Å². The molecule has 1 amide bonds. The van der Waals surface area contributed by atoms with Crippen LogP contribution in [0.3, 0.4) is 0 Å². The fourth-order valence-corrected chi connectivity index (χ4v) is 3.88. The van der Waals surface area contributed by atoms with Gasteiger partial charge in [-0.3, -0.25) is 9.69 Å². The maximum atomic E-state index is 12.1. The van der Waals surface area contributed by atoms with Gasteiger partial charge in [-0.25, -0.2) is 0 Å². The first-order valence-corrected chi connectivity index (χ1v) is 8.38. The summed E-state index contributed by atoms with van der Waals surface area (Å²) in [5.74, 6) is 1.56. The number of nitrogens with zero attached hydrogens (tertiary/aromatic N) is 4. The first-order chi connectivity index (χ1) is 11.1. The summed E-state index contributed by atoms with van der Waals surface area (Å²) in [6.07, 6.45) is 3.97. The Kier molecular flexibility index (Phi) is 4.96.